The molecule has 0 fully saturated rings. The monoisotopic (exact) mass is 397 g/mol. The molecule has 0 amide bonds. The van der Waals surface area contributed by atoms with Crippen molar-refractivity contribution in [3.05, 3.63) is 30.0 Å². The Hall–Kier alpha value is -2.87. The summed E-state index contributed by atoms with van der Waals surface area (Å²) in [6.45, 7) is 10.5. The van der Waals surface area contributed by atoms with E-state index in [4.69, 9.17) is 10.7 Å². The highest BCUT2D eigenvalue weighted by molar-refractivity contribution is 5.78. The summed E-state index contributed by atoms with van der Waals surface area (Å²) in [5.41, 5.74) is 9.98. The van der Waals surface area contributed by atoms with Gasteiger partial charge < -0.3 is 26.0 Å². The molecule has 1 aromatic carbocycles. The standard InChI is InChI=1S/C21H31N7O/c1-6-15(11-29)24-21-25-20(23-16-9-7-14(22)8-10-16)18-19(28(21)13(4)5)17(12(2)3)26-27-18/h7-10,12-13,15,23,29H,6,11,22H2,1-5H3,(H,24,25). The summed E-state index contributed by atoms with van der Waals surface area (Å²) in [6.07, 6.45) is 0.781. The van der Waals surface area contributed by atoms with Crippen molar-refractivity contribution in [2.24, 2.45) is 0 Å². The van der Waals surface area contributed by atoms with Gasteiger partial charge in [-0.1, -0.05) is 20.8 Å². The Morgan fingerprint density at radius 1 is 1.10 bits per heavy atom. The molecule has 0 bridgehead atoms. The van der Waals surface area contributed by atoms with E-state index < -0.39 is 0 Å². The summed E-state index contributed by atoms with van der Waals surface area (Å²) in [5.74, 6) is 1.52. The topological polar surface area (TPSA) is 114 Å². The number of benzene rings is 1. The lowest BCUT2D eigenvalue weighted by Gasteiger charge is -2.26. The highest BCUT2D eigenvalue weighted by Gasteiger charge is 2.28. The molecule has 8 heteroatoms. The first kappa shape index (κ1) is 20.9. The van der Waals surface area contributed by atoms with E-state index in [1.54, 1.807) is 0 Å². The van der Waals surface area contributed by atoms with Crippen LogP contribution in [-0.4, -0.2) is 37.5 Å². The maximum absolute atomic E-state index is 9.71. The summed E-state index contributed by atoms with van der Waals surface area (Å²) < 4.78 is 2.12. The predicted octanol–water partition coefficient (Wildman–Crippen LogP) is 3.99. The summed E-state index contributed by atoms with van der Waals surface area (Å²) in [6, 6.07) is 7.53. The summed E-state index contributed by atoms with van der Waals surface area (Å²) in [5, 5.41) is 25.4. The molecule has 5 N–H and O–H groups in total. The maximum atomic E-state index is 9.71. The van der Waals surface area contributed by atoms with E-state index in [9.17, 15) is 5.11 Å². The SMILES string of the molecule is CCC(CO)Nc1nc(Nc2ccc(N)cc2)c2nnc(C(C)C)c-2n1C(C)C. The van der Waals surface area contributed by atoms with Gasteiger partial charge in [-0.3, -0.25) is 0 Å². The van der Waals surface area contributed by atoms with Crippen LogP contribution in [0.4, 0.5) is 23.1 Å². The van der Waals surface area contributed by atoms with Gasteiger partial charge in [-0.05, 0) is 50.5 Å². The zero-order valence-electron chi connectivity index (χ0n) is 17.8. The molecule has 156 valence electrons. The summed E-state index contributed by atoms with van der Waals surface area (Å²) in [7, 11) is 0. The zero-order chi connectivity index (χ0) is 21.1. The first-order valence-corrected chi connectivity index (χ1v) is 10.1. The normalized spacial score (nSPS) is 12.7. The van der Waals surface area contributed by atoms with E-state index in [0.29, 0.717) is 17.5 Å². The predicted molar refractivity (Wildman–Crippen MR) is 118 cm³/mol. The Morgan fingerprint density at radius 3 is 2.34 bits per heavy atom. The molecule has 1 aromatic rings. The molecule has 0 saturated heterocycles. The van der Waals surface area contributed by atoms with Crippen LogP contribution in [0.1, 0.15) is 58.7 Å². The Bertz CT molecular complexity index is 914. The number of nitrogens with two attached hydrogens (primary N) is 1. The fourth-order valence-electron chi connectivity index (χ4n) is 3.28. The molecule has 0 saturated carbocycles. The first-order chi connectivity index (χ1) is 13.8. The van der Waals surface area contributed by atoms with Crippen molar-refractivity contribution in [1.29, 1.82) is 0 Å². The Balaban J connectivity index is 2.18. The lowest BCUT2D eigenvalue weighted by atomic mass is 10.1. The molecule has 8 nitrogen and oxygen atoms in total. The number of anilines is 4. The van der Waals surface area contributed by atoms with Crippen LogP contribution in [0.2, 0.25) is 0 Å². The van der Waals surface area contributed by atoms with Crippen molar-refractivity contribution >= 4 is 23.1 Å². The number of aliphatic hydroxyl groups excluding tert-OH is 1. The quantitative estimate of drug-likeness (QED) is 0.425. The van der Waals surface area contributed by atoms with Crippen LogP contribution in [0.15, 0.2) is 24.3 Å². The number of hydrogen-bond donors (Lipinski definition) is 4. The summed E-state index contributed by atoms with van der Waals surface area (Å²) >= 11 is 0. The van der Waals surface area contributed by atoms with Gasteiger partial charge in [0.2, 0.25) is 5.95 Å². The van der Waals surface area contributed by atoms with E-state index in [1.165, 1.54) is 0 Å². The number of fused-ring (bicyclic) bond motifs is 1. The minimum absolute atomic E-state index is 0.0313. The summed E-state index contributed by atoms with van der Waals surface area (Å²) in [4.78, 5) is 4.84. The number of aromatic nitrogens is 4. The molecule has 0 aromatic heterocycles. The van der Waals surface area contributed by atoms with Crippen LogP contribution in [-0.2, 0) is 0 Å². The largest absolute Gasteiger partial charge is 0.399 e. The van der Waals surface area contributed by atoms with E-state index in [2.05, 4.69) is 53.1 Å². The second-order valence-electron chi connectivity index (χ2n) is 7.86. The fraction of sp³-hybridized carbons (Fsp3) is 0.476. The minimum Gasteiger partial charge on any atom is -0.399 e. The Labute approximate surface area is 171 Å². The van der Waals surface area contributed by atoms with Crippen LogP contribution < -0.4 is 16.4 Å². The van der Waals surface area contributed by atoms with Crippen molar-refractivity contribution in [2.75, 3.05) is 23.0 Å². The minimum atomic E-state index is -0.0901. The van der Waals surface area contributed by atoms with E-state index in [1.807, 2.05) is 31.2 Å². The average molecular weight is 398 g/mol. The molecule has 2 aliphatic rings. The van der Waals surface area contributed by atoms with Gasteiger partial charge in [0.05, 0.1) is 24.0 Å². The molecular weight excluding hydrogens is 366 g/mol. The van der Waals surface area contributed by atoms with Gasteiger partial charge >= 0.3 is 0 Å². The maximum Gasteiger partial charge on any atom is 0.205 e. The lowest BCUT2D eigenvalue weighted by Crippen LogP contribution is -2.27. The molecule has 2 aliphatic heterocycles. The number of nitrogens with zero attached hydrogens (tertiary/aromatic N) is 4. The number of hydrogen-bond acceptors (Lipinski definition) is 7. The smallest absolute Gasteiger partial charge is 0.205 e. The van der Waals surface area contributed by atoms with Crippen molar-refractivity contribution in [3.8, 4) is 11.4 Å². The third-order valence-corrected chi connectivity index (χ3v) is 4.92. The van der Waals surface area contributed by atoms with Gasteiger partial charge in [-0.25, -0.2) is 0 Å². The van der Waals surface area contributed by atoms with Crippen LogP contribution in [0.3, 0.4) is 0 Å². The average Bonchev–Trinajstić information content (AvgIpc) is 3.12. The molecule has 29 heavy (non-hydrogen) atoms. The van der Waals surface area contributed by atoms with Gasteiger partial charge in [-0.15, -0.1) is 5.10 Å². The lowest BCUT2D eigenvalue weighted by molar-refractivity contribution is 0.271. The Morgan fingerprint density at radius 2 is 1.79 bits per heavy atom. The number of aliphatic hydroxyl groups is 1. The third-order valence-electron chi connectivity index (χ3n) is 4.92. The second kappa shape index (κ2) is 8.65. The van der Waals surface area contributed by atoms with Gasteiger partial charge in [0.15, 0.2) is 11.5 Å². The van der Waals surface area contributed by atoms with Crippen molar-refractivity contribution < 1.29 is 5.11 Å². The van der Waals surface area contributed by atoms with Crippen molar-refractivity contribution in [3.63, 3.8) is 0 Å². The van der Waals surface area contributed by atoms with E-state index in [0.717, 1.165) is 29.2 Å². The molecule has 3 rings (SSSR count). The van der Waals surface area contributed by atoms with Crippen molar-refractivity contribution in [1.82, 2.24) is 19.7 Å². The molecule has 1 unspecified atom stereocenters. The zero-order valence-corrected chi connectivity index (χ0v) is 17.8. The third kappa shape index (κ3) is 4.27. The van der Waals surface area contributed by atoms with Gasteiger partial charge in [0, 0.05) is 17.4 Å². The Kier molecular flexibility index (Phi) is 6.22. The molecule has 0 spiro atoms. The molecule has 0 radical (unpaired) electrons. The number of nitrogens with one attached hydrogen (secondary N) is 2. The van der Waals surface area contributed by atoms with Gasteiger partial charge in [0.25, 0.3) is 0 Å². The molecule has 2 heterocycles. The van der Waals surface area contributed by atoms with Gasteiger partial charge in [0.1, 0.15) is 0 Å². The van der Waals surface area contributed by atoms with Crippen LogP contribution in [0.5, 0.6) is 0 Å². The highest BCUT2D eigenvalue weighted by Crippen LogP contribution is 2.38. The highest BCUT2D eigenvalue weighted by atomic mass is 16.3. The van der Waals surface area contributed by atoms with E-state index >= 15 is 0 Å². The number of nitrogen functional groups attached to an aromatic ring is 1. The molecular formula is C21H31N7O. The number of rotatable bonds is 8. The van der Waals surface area contributed by atoms with Crippen LogP contribution in [0.25, 0.3) is 11.4 Å². The molecule has 0 aliphatic carbocycles. The second-order valence-corrected chi connectivity index (χ2v) is 7.86. The van der Waals surface area contributed by atoms with Crippen LogP contribution >= 0.6 is 0 Å². The molecule has 1 atom stereocenters. The van der Waals surface area contributed by atoms with Crippen molar-refractivity contribution in [2.45, 2.75) is 59.0 Å². The first-order valence-electron chi connectivity index (χ1n) is 10.1. The fourth-order valence-corrected chi connectivity index (χ4v) is 3.28. The van der Waals surface area contributed by atoms with Crippen LogP contribution in [0, 0.1) is 0 Å². The van der Waals surface area contributed by atoms with Gasteiger partial charge in [-0.2, -0.15) is 10.1 Å². The van der Waals surface area contributed by atoms with E-state index in [-0.39, 0.29) is 24.6 Å².